The van der Waals surface area contributed by atoms with Crippen LogP contribution in [0.4, 0.5) is 0 Å². The van der Waals surface area contributed by atoms with Gasteiger partial charge in [-0.05, 0) is 86.1 Å². The number of fused-ring (bicyclic) bond motifs is 1. The molecule has 4 heteroatoms. The summed E-state index contributed by atoms with van der Waals surface area (Å²) in [4.78, 5) is 13.5. The molecule has 150 valence electrons. The van der Waals surface area contributed by atoms with Crippen molar-refractivity contribution < 1.29 is 14.6 Å². The van der Waals surface area contributed by atoms with E-state index < -0.39 is 5.97 Å². The summed E-state index contributed by atoms with van der Waals surface area (Å²) in [5.74, 6) is 0.176. The standard InChI is InChI=1S/C24H31NO3/c26-24(27)19-11-13-25(14-12-19)17-18-7-8-21-16-23(10-9-20(21)15-18)28-22-5-3-1-2-4-6-22/h7-10,15-16,19,22H,1-6,11-14,17H2,(H,26,27). The number of carboxylic acid groups (broad SMARTS) is 1. The molecule has 28 heavy (non-hydrogen) atoms. The Balaban J connectivity index is 1.38. The van der Waals surface area contributed by atoms with Gasteiger partial charge in [-0.25, -0.2) is 0 Å². The van der Waals surface area contributed by atoms with E-state index in [9.17, 15) is 4.79 Å². The molecule has 0 aromatic heterocycles. The van der Waals surface area contributed by atoms with Crippen molar-refractivity contribution in [3.05, 3.63) is 42.0 Å². The van der Waals surface area contributed by atoms with Crippen LogP contribution < -0.4 is 4.74 Å². The first-order valence-corrected chi connectivity index (χ1v) is 10.8. The van der Waals surface area contributed by atoms with Gasteiger partial charge in [-0.2, -0.15) is 0 Å². The maximum atomic E-state index is 11.1. The number of carboxylic acids is 1. The van der Waals surface area contributed by atoms with Crippen molar-refractivity contribution in [3.63, 3.8) is 0 Å². The highest BCUT2D eigenvalue weighted by Crippen LogP contribution is 2.27. The minimum atomic E-state index is -0.646. The van der Waals surface area contributed by atoms with Crippen LogP contribution in [-0.4, -0.2) is 35.2 Å². The fraction of sp³-hybridized carbons (Fsp3) is 0.542. The number of carbonyl (C=O) groups is 1. The minimum absolute atomic E-state index is 0.167. The fourth-order valence-corrected chi connectivity index (χ4v) is 4.59. The molecule has 0 bridgehead atoms. The topological polar surface area (TPSA) is 49.8 Å². The first kappa shape index (κ1) is 19.3. The van der Waals surface area contributed by atoms with E-state index in [1.165, 1.54) is 54.9 Å². The minimum Gasteiger partial charge on any atom is -0.490 e. The maximum absolute atomic E-state index is 11.1. The number of aliphatic carboxylic acids is 1. The van der Waals surface area contributed by atoms with Gasteiger partial charge in [0.2, 0.25) is 0 Å². The lowest BCUT2D eigenvalue weighted by Gasteiger charge is -2.30. The largest absolute Gasteiger partial charge is 0.490 e. The van der Waals surface area contributed by atoms with Gasteiger partial charge in [0, 0.05) is 6.54 Å². The Bertz CT molecular complexity index is 803. The van der Waals surface area contributed by atoms with Crippen LogP contribution in [0.2, 0.25) is 0 Å². The van der Waals surface area contributed by atoms with Gasteiger partial charge in [0.25, 0.3) is 0 Å². The number of likely N-dealkylation sites (tertiary alicyclic amines) is 1. The van der Waals surface area contributed by atoms with E-state index in [4.69, 9.17) is 9.84 Å². The second-order valence-electron chi connectivity index (χ2n) is 8.46. The van der Waals surface area contributed by atoms with Crippen molar-refractivity contribution in [3.8, 4) is 5.75 Å². The number of piperidine rings is 1. The molecule has 4 nitrogen and oxygen atoms in total. The monoisotopic (exact) mass is 381 g/mol. The van der Waals surface area contributed by atoms with Gasteiger partial charge in [0.05, 0.1) is 12.0 Å². The van der Waals surface area contributed by atoms with Crippen molar-refractivity contribution in [2.24, 2.45) is 5.92 Å². The SMILES string of the molecule is O=C(O)C1CCN(Cc2ccc3cc(OC4CCCCCC4)ccc3c2)CC1. The van der Waals surface area contributed by atoms with Crippen LogP contribution in [0.3, 0.4) is 0 Å². The average molecular weight is 382 g/mol. The van der Waals surface area contributed by atoms with E-state index in [1.807, 2.05) is 0 Å². The number of hydrogen-bond acceptors (Lipinski definition) is 3. The molecule has 1 N–H and O–H groups in total. The first-order chi connectivity index (χ1) is 13.7. The predicted molar refractivity (Wildman–Crippen MR) is 112 cm³/mol. The summed E-state index contributed by atoms with van der Waals surface area (Å²) >= 11 is 0. The van der Waals surface area contributed by atoms with Crippen LogP contribution in [0, 0.1) is 5.92 Å². The summed E-state index contributed by atoms with van der Waals surface area (Å²) in [6.45, 7) is 2.62. The third-order valence-electron chi connectivity index (χ3n) is 6.32. The molecule has 1 heterocycles. The number of rotatable bonds is 5. The molecule has 0 amide bonds. The quantitative estimate of drug-likeness (QED) is 0.720. The summed E-state index contributed by atoms with van der Waals surface area (Å²) in [5.41, 5.74) is 1.29. The van der Waals surface area contributed by atoms with Gasteiger partial charge < -0.3 is 9.84 Å². The molecule has 2 aromatic carbocycles. The van der Waals surface area contributed by atoms with E-state index in [-0.39, 0.29) is 5.92 Å². The van der Waals surface area contributed by atoms with Gasteiger partial charge in [-0.1, -0.05) is 31.0 Å². The molecule has 0 spiro atoms. The zero-order chi connectivity index (χ0) is 19.3. The Morgan fingerprint density at radius 2 is 1.61 bits per heavy atom. The number of nitrogens with zero attached hydrogens (tertiary/aromatic N) is 1. The summed E-state index contributed by atoms with van der Waals surface area (Å²) < 4.78 is 6.27. The van der Waals surface area contributed by atoms with Crippen LogP contribution in [-0.2, 0) is 11.3 Å². The van der Waals surface area contributed by atoms with Crippen molar-refractivity contribution in [1.29, 1.82) is 0 Å². The molecule has 2 aromatic rings. The third kappa shape index (κ3) is 4.85. The molecule has 4 rings (SSSR count). The van der Waals surface area contributed by atoms with E-state index >= 15 is 0 Å². The smallest absolute Gasteiger partial charge is 0.306 e. The normalized spacial score (nSPS) is 20.1. The molecule has 0 radical (unpaired) electrons. The van der Waals surface area contributed by atoms with Gasteiger partial charge in [0.15, 0.2) is 0 Å². The first-order valence-electron chi connectivity index (χ1n) is 10.8. The Morgan fingerprint density at radius 3 is 2.32 bits per heavy atom. The molecule has 1 saturated carbocycles. The highest BCUT2D eigenvalue weighted by molar-refractivity contribution is 5.84. The lowest BCUT2D eigenvalue weighted by molar-refractivity contribution is -0.143. The zero-order valence-corrected chi connectivity index (χ0v) is 16.6. The van der Waals surface area contributed by atoms with Crippen molar-refractivity contribution >= 4 is 16.7 Å². The van der Waals surface area contributed by atoms with Crippen molar-refractivity contribution in [1.82, 2.24) is 4.90 Å². The van der Waals surface area contributed by atoms with Crippen LogP contribution in [0.5, 0.6) is 5.75 Å². The van der Waals surface area contributed by atoms with E-state index in [1.54, 1.807) is 0 Å². The van der Waals surface area contributed by atoms with Crippen LogP contribution in [0.1, 0.15) is 56.9 Å². The third-order valence-corrected chi connectivity index (χ3v) is 6.32. The Kier molecular flexibility index (Phi) is 6.16. The molecule has 0 atom stereocenters. The molecular formula is C24H31NO3. The molecule has 1 saturated heterocycles. The zero-order valence-electron chi connectivity index (χ0n) is 16.6. The van der Waals surface area contributed by atoms with Crippen molar-refractivity contribution in [2.75, 3.05) is 13.1 Å². The predicted octanol–water partition coefficient (Wildman–Crippen LogP) is 5.24. The molecule has 2 aliphatic rings. The number of ether oxygens (including phenoxy) is 1. The molecule has 1 aliphatic carbocycles. The summed E-state index contributed by atoms with van der Waals surface area (Å²) in [6, 6.07) is 13.1. The second kappa shape index (κ2) is 8.95. The number of hydrogen-bond donors (Lipinski definition) is 1. The summed E-state index contributed by atoms with van der Waals surface area (Å²) in [6.07, 6.45) is 9.48. The fourth-order valence-electron chi connectivity index (χ4n) is 4.59. The van der Waals surface area contributed by atoms with Gasteiger partial charge in [-0.3, -0.25) is 9.69 Å². The summed E-state index contributed by atoms with van der Waals surface area (Å²) in [5, 5.41) is 11.6. The molecule has 2 fully saturated rings. The Hall–Kier alpha value is -2.07. The van der Waals surface area contributed by atoms with E-state index in [0.29, 0.717) is 6.10 Å². The molecular weight excluding hydrogens is 350 g/mol. The average Bonchev–Trinajstić information content (AvgIpc) is 2.97. The maximum Gasteiger partial charge on any atom is 0.306 e. The van der Waals surface area contributed by atoms with Crippen LogP contribution in [0.15, 0.2) is 36.4 Å². The highest BCUT2D eigenvalue weighted by Gasteiger charge is 2.24. The van der Waals surface area contributed by atoms with E-state index in [0.717, 1.165) is 38.2 Å². The van der Waals surface area contributed by atoms with Gasteiger partial charge in [0.1, 0.15) is 5.75 Å². The molecule has 1 aliphatic heterocycles. The molecule has 0 unspecified atom stereocenters. The van der Waals surface area contributed by atoms with Crippen LogP contribution >= 0.6 is 0 Å². The lowest BCUT2D eigenvalue weighted by atomic mass is 9.96. The second-order valence-corrected chi connectivity index (χ2v) is 8.46. The van der Waals surface area contributed by atoms with Gasteiger partial charge in [-0.15, -0.1) is 0 Å². The van der Waals surface area contributed by atoms with E-state index in [2.05, 4.69) is 41.3 Å². The number of benzene rings is 2. The van der Waals surface area contributed by atoms with Crippen molar-refractivity contribution in [2.45, 2.75) is 64.0 Å². The summed E-state index contributed by atoms with van der Waals surface area (Å²) in [7, 11) is 0. The van der Waals surface area contributed by atoms with Gasteiger partial charge >= 0.3 is 5.97 Å². The van der Waals surface area contributed by atoms with Crippen LogP contribution in [0.25, 0.3) is 10.8 Å². The Morgan fingerprint density at radius 1 is 0.929 bits per heavy atom. The highest BCUT2D eigenvalue weighted by atomic mass is 16.5. The Labute approximate surface area is 167 Å². The lowest BCUT2D eigenvalue weighted by Crippen LogP contribution is -2.35.